The van der Waals surface area contributed by atoms with Gasteiger partial charge in [-0.2, -0.15) is 0 Å². The third kappa shape index (κ3) is 3.76. The topological polar surface area (TPSA) is 44.7 Å². The molecule has 34 heavy (non-hydrogen) atoms. The van der Waals surface area contributed by atoms with Gasteiger partial charge >= 0.3 is 8.24 Å². The van der Waals surface area contributed by atoms with Crippen LogP contribution in [0.1, 0.15) is 11.7 Å². The van der Waals surface area contributed by atoms with Crippen molar-refractivity contribution >= 4 is 51.7 Å². The van der Waals surface area contributed by atoms with Gasteiger partial charge in [0.05, 0.1) is 6.61 Å². The molecule has 0 saturated carbocycles. The maximum Gasteiger partial charge on any atom is 0.388 e. The zero-order chi connectivity index (χ0) is 22.9. The highest BCUT2D eigenvalue weighted by Gasteiger charge is 2.18. The van der Waals surface area contributed by atoms with Crippen molar-refractivity contribution in [1.82, 2.24) is 0 Å². The van der Waals surface area contributed by atoms with Crippen LogP contribution in [0.4, 0.5) is 0 Å². The van der Waals surface area contributed by atoms with E-state index in [0.29, 0.717) is 6.61 Å². The summed E-state index contributed by atoms with van der Waals surface area (Å²) in [5, 5.41) is 6.60. The van der Waals surface area contributed by atoms with E-state index in [1.165, 1.54) is 0 Å². The molecule has 0 radical (unpaired) electrons. The van der Waals surface area contributed by atoms with E-state index in [1.807, 2.05) is 42.5 Å². The van der Waals surface area contributed by atoms with Crippen LogP contribution >= 0.6 is 8.24 Å². The summed E-state index contributed by atoms with van der Waals surface area (Å²) in [7, 11) is -0.0660. The highest BCUT2D eigenvalue weighted by atomic mass is 31.1. The van der Waals surface area contributed by atoms with Crippen LogP contribution in [-0.4, -0.2) is 13.7 Å². The standard InChI is InChI=1S/C29H23O4P/c1-30-19-27(22-11-3-2-4-12-22)33-34-31-25-17-15-20-9-5-7-13-23(20)28(25)29-24-14-8-6-10-21(24)16-18-26(29)32-34/h2-18,27H,19H2,1H3. The van der Waals surface area contributed by atoms with Crippen molar-refractivity contribution in [2.75, 3.05) is 13.7 Å². The van der Waals surface area contributed by atoms with Gasteiger partial charge in [-0.1, -0.05) is 91.0 Å². The van der Waals surface area contributed by atoms with E-state index in [1.54, 1.807) is 7.11 Å². The number of hydrogen-bond acceptors (Lipinski definition) is 4. The van der Waals surface area contributed by atoms with E-state index in [2.05, 4.69) is 60.7 Å². The van der Waals surface area contributed by atoms with Gasteiger partial charge in [0.2, 0.25) is 0 Å². The fourth-order valence-electron chi connectivity index (χ4n) is 4.50. The number of rotatable bonds is 5. The molecule has 6 aromatic rings. The molecule has 5 aromatic carbocycles. The number of ether oxygens (including phenoxy) is 1. The Bertz CT molecular complexity index is 1560. The Morgan fingerprint density at radius 3 is 1.74 bits per heavy atom. The van der Waals surface area contributed by atoms with Gasteiger partial charge in [0, 0.05) is 17.9 Å². The molecule has 0 fully saturated rings. The van der Waals surface area contributed by atoms with Crippen molar-refractivity contribution in [1.29, 1.82) is 0 Å². The molecule has 0 amide bonds. The first-order chi connectivity index (χ1) is 16.8. The fraction of sp³-hybridized carbons (Fsp3) is 0.103. The summed E-state index contributed by atoms with van der Waals surface area (Å²) in [6.45, 7) is 0.394. The van der Waals surface area contributed by atoms with E-state index >= 15 is 0 Å². The lowest BCUT2D eigenvalue weighted by molar-refractivity contribution is 0.105. The molecule has 4 nitrogen and oxygen atoms in total. The molecule has 1 aromatic heterocycles. The average molecular weight is 466 g/mol. The maximum atomic E-state index is 6.46. The molecular formula is C29H23O4P. The molecule has 0 aliphatic carbocycles. The van der Waals surface area contributed by atoms with Crippen LogP contribution in [0.3, 0.4) is 0 Å². The SMILES string of the molecule is COCC(Op1oc2ccc3ccccc3c2c2c(ccc3ccccc32)o1)c1ccccc1. The zero-order valence-electron chi connectivity index (χ0n) is 18.7. The first-order valence-corrected chi connectivity index (χ1v) is 12.3. The molecule has 1 heterocycles. The Morgan fingerprint density at radius 2 is 1.18 bits per heavy atom. The first kappa shape index (κ1) is 21.0. The lowest BCUT2D eigenvalue weighted by atomic mass is 9.99. The highest BCUT2D eigenvalue weighted by molar-refractivity contribution is 7.31. The lowest BCUT2D eigenvalue weighted by Crippen LogP contribution is -2.12. The predicted molar refractivity (Wildman–Crippen MR) is 139 cm³/mol. The molecule has 1 unspecified atom stereocenters. The van der Waals surface area contributed by atoms with Crippen LogP contribution < -0.4 is 4.52 Å². The van der Waals surface area contributed by atoms with E-state index in [4.69, 9.17) is 17.7 Å². The molecule has 0 N–H and O–H groups in total. The minimum absolute atomic E-state index is 0.316. The molecular weight excluding hydrogens is 443 g/mol. The monoisotopic (exact) mass is 466 g/mol. The molecule has 0 aliphatic rings. The van der Waals surface area contributed by atoms with Crippen LogP contribution in [0.15, 0.2) is 112 Å². The van der Waals surface area contributed by atoms with Crippen LogP contribution in [0.5, 0.6) is 0 Å². The second-order valence-electron chi connectivity index (χ2n) is 8.19. The van der Waals surface area contributed by atoms with E-state index in [-0.39, 0.29) is 6.10 Å². The van der Waals surface area contributed by atoms with Crippen LogP contribution in [0.25, 0.3) is 43.5 Å². The van der Waals surface area contributed by atoms with E-state index < -0.39 is 8.24 Å². The Kier molecular flexibility index (Phi) is 5.56. The number of hydrogen-bond donors (Lipinski definition) is 0. The second kappa shape index (κ2) is 9.00. The summed E-state index contributed by atoms with van der Waals surface area (Å²) >= 11 is 0. The van der Waals surface area contributed by atoms with Gasteiger partial charge in [0.15, 0.2) is 0 Å². The Hall–Kier alpha value is -3.56. The van der Waals surface area contributed by atoms with Gasteiger partial charge in [-0.25, -0.2) is 0 Å². The third-order valence-corrected chi connectivity index (χ3v) is 7.20. The van der Waals surface area contributed by atoms with Crippen molar-refractivity contribution in [2.45, 2.75) is 6.10 Å². The molecule has 0 aliphatic heterocycles. The third-order valence-electron chi connectivity index (χ3n) is 6.08. The van der Waals surface area contributed by atoms with Gasteiger partial charge in [0.1, 0.15) is 17.3 Å². The fourth-order valence-corrected chi connectivity index (χ4v) is 5.64. The maximum absolute atomic E-state index is 6.46. The molecule has 0 bridgehead atoms. The summed E-state index contributed by atoms with van der Waals surface area (Å²) in [4.78, 5) is 0. The number of methoxy groups -OCH3 is 1. The van der Waals surface area contributed by atoms with Crippen molar-refractivity contribution in [2.24, 2.45) is 0 Å². The van der Waals surface area contributed by atoms with Crippen molar-refractivity contribution < 1.29 is 17.7 Å². The van der Waals surface area contributed by atoms with E-state index in [9.17, 15) is 0 Å². The van der Waals surface area contributed by atoms with Crippen molar-refractivity contribution in [3.63, 3.8) is 0 Å². The number of fused-ring (bicyclic) bond motifs is 7. The van der Waals surface area contributed by atoms with Crippen molar-refractivity contribution in [3.05, 3.63) is 109 Å². The summed E-state index contributed by atoms with van der Waals surface area (Å²) in [6, 6.07) is 35.0. The molecule has 1 atom stereocenters. The quantitative estimate of drug-likeness (QED) is 0.256. The molecule has 0 spiro atoms. The summed E-state index contributed by atoms with van der Waals surface area (Å²) in [5.74, 6) is 0. The zero-order valence-corrected chi connectivity index (χ0v) is 19.6. The van der Waals surface area contributed by atoms with Crippen LogP contribution in [0.2, 0.25) is 0 Å². The van der Waals surface area contributed by atoms with Gasteiger partial charge in [0.25, 0.3) is 0 Å². The Balaban J connectivity index is 1.68. The van der Waals surface area contributed by atoms with Crippen LogP contribution in [-0.2, 0) is 4.74 Å². The van der Waals surface area contributed by atoms with Gasteiger partial charge in [-0.15, -0.1) is 0 Å². The molecule has 5 heteroatoms. The molecule has 6 rings (SSSR count). The second-order valence-corrected chi connectivity index (χ2v) is 9.21. The van der Waals surface area contributed by atoms with Gasteiger partial charge in [-0.3, -0.25) is 4.52 Å². The summed E-state index contributed by atoms with van der Waals surface area (Å²) < 4.78 is 24.8. The molecule has 168 valence electrons. The summed E-state index contributed by atoms with van der Waals surface area (Å²) in [6.07, 6.45) is -0.316. The Labute approximate surface area is 198 Å². The van der Waals surface area contributed by atoms with Gasteiger partial charge < -0.3 is 13.1 Å². The van der Waals surface area contributed by atoms with Crippen LogP contribution in [0, 0.1) is 0 Å². The largest absolute Gasteiger partial charge is 0.399 e. The average Bonchev–Trinajstić information content (AvgIpc) is 3.05. The molecule has 0 saturated heterocycles. The minimum atomic E-state index is -1.74. The van der Waals surface area contributed by atoms with Crippen molar-refractivity contribution in [3.8, 4) is 0 Å². The highest BCUT2D eigenvalue weighted by Crippen LogP contribution is 2.41. The summed E-state index contributed by atoms with van der Waals surface area (Å²) in [5.41, 5.74) is 2.52. The first-order valence-electron chi connectivity index (χ1n) is 11.2. The normalized spacial score (nSPS) is 12.5. The van der Waals surface area contributed by atoms with E-state index in [0.717, 1.165) is 49.0 Å². The smallest absolute Gasteiger partial charge is 0.388 e. The minimum Gasteiger partial charge on any atom is -0.399 e. The van der Waals surface area contributed by atoms with Gasteiger partial charge in [-0.05, 0) is 39.2 Å². The lowest BCUT2D eigenvalue weighted by Gasteiger charge is -2.14. The Morgan fingerprint density at radius 1 is 0.647 bits per heavy atom. The number of benzene rings is 5. The predicted octanol–water partition coefficient (Wildman–Crippen LogP) is 8.41.